The predicted octanol–water partition coefficient (Wildman–Crippen LogP) is 1.51. The summed E-state index contributed by atoms with van der Waals surface area (Å²) in [6.07, 6.45) is 4.09. The van der Waals surface area contributed by atoms with E-state index < -0.39 is 24.0 Å². The number of nitrogens with two attached hydrogens (primary N) is 1. The number of fused-ring (bicyclic) bond motifs is 2. The van der Waals surface area contributed by atoms with Gasteiger partial charge in [0.2, 0.25) is 5.91 Å². The van der Waals surface area contributed by atoms with E-state index in [1.807, 2.05) is 54.7 Å². The predicted molar refractivity (Wildman–Crippen MR) is 115 cm³/mol. The fourth-order valence-corrected chi connectivity index (χ4v) is 3.63. The van der Waals surface area contributed by atoms with Crippen LogP contribution in [0.4, 0.5) is 0 Å². The molecule has 2 heterocycles. The second-order valence-electron chi connectivity index (χ2n) is 7.13. The first kappa shape index (κ1) is 21.1. The maximum absolute atomic E-state index is 12.6. The number of carbonyl (C=O) groups excluding carboxylic acids is 1. The smallest absolute Gasteiger partial charge is 0.326 e. The summed E-state index contributed by atoms with van der Waals surface area (Å²) in [5.74, 6) is -1.58. The molecule has 0 aliphatic heterocycles. The number of para-hydroxylation sites is 2. The second-order valence-corrected chi connectivity index (χ2v) is 7.13. The third kappa shape index (κ3) is 4.19. The summed E-state index contributed by atoms with van der Waals surface area (Å²) in [5.41, 5.74) is 9.74. The van der Waals surface area contributed by atoms with E-state index in [0.717, 1.165) is 32.9 Å². The number of carbonyl (C=O) groups is 2. The summed E-state index contributed by atoms with van der Waals surface area (Å²) >= 11 is 0. The Kier molecular flexibility index (Phi) is 6.20. The number of amides is 1. The van der Waals surface area contributed by atoms with Crippen molar-refractivity contribution in [2.24, 2.45) is 5.73 Å². The molecule has 0 bridgehead atoms. The van der Waals surface area contributed by atoms with Gasteiger partial charge in [-0.2, -0.15) is 0 Å². The number of hydrogen-bond acceptors (Lipinski definition) is 3. The first-order valence-corrected chi connectivity index (χ1v) is 9.41. The molecule has 0 unspecified atom stereocenters. The monoisotopic (exact) mass is 408 g/mol. The zero-order valence-corrected chi connectivity index (χ0v) is 16.2. The van der Waals surface area contributed by atoms with Crippen LogP contribution in [0.1, 0.15) is 11.1 Å². The highest BCUT2D eigenvalue weighted by atomic mass is 16.4. The van der Waals surface area contributed by atoms with E-state index in [0.29, 0.717) is 6.42 Å². The van der Waals surface area contributed by atoms with Crippen LogP contribution in [0.3, 0.4) is 0 Å². The van der Waals surface area contributed by atoms with Crippen molar-refractivity contribution in [3.05, 3.63) is 72.1 Å². The van der Waals surface area contributed by atoms with Gasteiger partial charge in [0, 0.05) is 40.6 Å². The van der Waals surface area contributed by atoms with E-state index in [-0.39, 0.29) is 11.9 Å². The Balaban J connectivity index is 0.00000256. The van der Waals surface area contributed by atoms with E-state index in [1.165, 1.54) is 0 Å². The van der Waals surface area contributed by atoms with Crippen molar-refractivity contribution in [3.8, 4) is 0 Å². The summed E-state index contributed by atoms with van der Waals surface area (Å²) in [4.78, 5) is 30.6. The lowest BCUT2D eigenvalue weighted by atomic mass is 10.0. The minimum Gasteiger partial charge on any atom is -0.480 e. The first-order valence-electron chi connectivity index (χ1n) is 9.41. The number of H-pyrrole nitrogens is 2. The number of carboxylic acids is 1. The molecule has 2 atom stereocenters. The number of rotatable bonds is 7. The molecule has 0 radical (unpaired) electrons. The lowest BCUT2D eigenvalue weighted by Gasteiger charge is -2.17. The number of aromatic amines is 2. The molecule has 0 aliphatic carbocycles. The van der Waals surface area contributed by atoms with Gasteiger partial charge in [0.25, 0.3) is 0 Å². The minimum absolute atomic E-state index is 0. The largest absolute Gasteiger partial charge is 0.480 e. The Morgan fingerprint density at radius 2 is 1.40 bits per heavy atom. The van der Waals surface area contributed by atoms with E-state index in [9.17, 15) is 14.7 Å². The van der Waals surface area contributed by atoms with Gasteiger partial charge in [-0.05, 0) is 29.7 Å². The fourth-order valence-electron chi connectivity index (χ4n) is 3.63. The lowest BCUT2D eigenvalue weighted by Crippen LogP contribution is -2.50. The van der Waals surface area contributed by atoms with E-state index in [4.69, 9.17) is 5.73 Å². The Morgan fingerprint density at radius 1 is 0.900 bits per heavy atom. The number of hydrogen-bond donors (Lipinski definition) is 5. The molecule has 8 heteroatoms. The highest BCUT2D eigenvalue weighted by molar-refractivity contribution is 5.89. The Labute approximate surface area is 172 Å². The lowest BCUT2D eigenvalue weighted by molar-refractivity contribution is -0.141. The summed E-state index contributed by atoms with van der Waals surface area (Å²) in [7, 11) is 0. The van der Waals surface area contributed by atoms with Crippen LogP contribution in [0.2, 0.25) is 0 Å². The Bertz CT molecular complexity index is 1180. The third-order valence-electron chi connectivity index (χ3n) is 5.17. The second kappa shape index (κ2) is 8.81. The molecule has 2 aromatic heterocycles. The average molecular weight is 408 g/mol. The standard InChI is InChI=1S/C22H22N4O3.H2O/c23-17(9-13-11-24-18-7-3-1-5-15(13)18)21(27)26-20(22(28)29)10-14-12-25-19-8-4-2-6-16(14)19;/h1-8,11-12,17,20,24-25H,9-10,23H2,(H,26,27)(H,28,29);1H2/t17-,20-;/m0./s1. The van der Waals surface area contributed by atoms with E-state index in [1.54, 1.807) is 6.20 Å². The first-order chi connectivity index (χ1) is 14.0. The number of carboxylic acid groups (broad SMARTS) is 1. The van der Waals surface area contributed by atoms with Crippen molar-refractivity contribution in [2.75, 3.05) is 0 Å². The third-order valence-corrected chi connectivity index (χ3v) is 5.17. The Hall–Kier alpha value is -3.62. The van der Waals surface area contributed by atoms with Gasteiger partial charge in [-0.3, -0.25) is 4.79 Å². The molecule has 0 saturated heterocycles. The van der Waals surface area contributed by atoms with Gasteiger partial charge < -0.3 is 31.6 Å². The maximum Gasteiger partial charge on any atom is 0.326 e. The molecule has 1 amide bonds. The summed E-state index contributed by atoms with van der Waals surface area (Å²) < 4.78 is 0. The van der Waals surface area contributed by atoms with Crippen LogP contribution < -0.4 is 11.1 Å². The molecular weight excluding hydrogens is 384 g/mol. The fraction of sp³-hybridized carbons (Fsp3) is 0.182. The molecule has 4 aromatic rings. The zero-order chi connectivity index (χ0) is 20.4. The molecule has 4 rings (SSSR count). The molecule has 30 heavy (non-hydrogen) atoms. The molecular formula is C22H24N4O4. The molecule has 0 aliphatic rings. The SMILES string of the molecule is N[C@@H](Cc1c[nH]c2ccccc12)C(=O)N[C@@H](Cc1c[nH]c2ccccc12)C(=O)O.O. The molecule has 8 nitrogen and oxygen atoms in total. The highest BCUT2D eigenvalue weighted by Crippen LogP contribution is 2.20. The van der Waals surface area contributed by atoms with Crippen molar-refractivity contribution < 1.29 is 20.2 Å². The normalized spacial score (nSPS) is 13.0. The van der Waals surface area contributed by atoms with Crippen molar-refractivity contribution in [1.29, 1.82) is 0 Å². The van der Waals surface area contributed by atoms with Crippen LogP contribution in [0.5, 0.6) is 0 Å². The summed E-state index contributed by atoms with van der Waals surface area (Å²) in [5, 5.41) is 14.1. The molecule has 0 saturated carbocycles. The summed E-state index contributed by atoms with van der Waals surface area (Å²) in [6, 6.07) is 13.5. The number of aliphatic carboxylic acids is 1. The van der Waals surface area contributed by atoms with Crippen molar-refractivity contribution >= 4 is 33.7 Å². The van der Waals surface area contributed by atoms with Crippen molar-refractivity contribution in [3.63, 3.8) is 0 Å². The molecule has 0 spiro atoms. The van der Waals surface area contributed by atoms with Gasteiger partial charge >= 0.3 is 5.97 Å². The highest BCUT2D eigenvalue weighted by Gasteiger charge is 2.25. The van der Waals surface area contributed by atoms with Crippen LogP contribution in [0, 0.1) is 0 Å². The maximum atomic E-state index is 12.6. The van der Waals surface area contributed by atoms with E-state index in [2.05, 4.69) is 15.3 Å². The summed E-state index contributed by atoms with van der Waals surface area (Å²) in [6.45, 7) is 0. The molecule has 2 aromatic carbocycles. The zero-order valence-electron chi connectivity index (χ0n) is 16.2. The Morgan fingerprint density at radius 3 is 1.93 bits per heavy atom. The topological polar surface area (TPSA) is 156 Å². The van der Waals surface area contributed by atoms with Crippen LogP contribution in [-0.2, 0) is 22.4 Å². The van der Waals surface area contributed by atoms with Gasteiger partial charge in [-0.25, -0.2) is 4.79 Å². The van der Waals surface area contributed by atoms with Crippen molar-refractivity contribution in [2.45, 2.75) is 24.9 Å². The molecule has 156 valence electrons. The molecule has 0 fully saturated rings. The number of aromatic nitrogens is 2. The van der Waals surface area contributed by atoms with E-state index >= 15 is 0 Å². The van der Waals surface area contributed by atoms with Crippen molar-refractivity contribution in [1.82, 2.24) is 15.3 Å². The minimum atomic E-state index is -1.09. The van der Waals surface area contributed by atoms with Crippen LogP contribution in [0.15, 0.2) is 60.9 Å². The van der Waals surface area contributed by atoms with Crippen LogP contribution >= 0.6 is 0 Å². The average Bonchev–Trinajstić information content (AvgIpc) is 3.32. The van der Waals surface area contributed by atoms with Gasteiger partial charge in [0.1, 0.15) is 6.04 Å². The van der Waals surface area contributed by atoms with Gasteiger partial charge in [0.05, 0.1) is 6.04 Å². The van der Waals surface area contributed by atoms with Crippen LogP contribution in [0.25, 0.3) is 21.8 Å². The van der Waals surface area contributed by atoms with Gasteiger partial charge in [-0.1, -0.05) is 36.4 Å². The van der Waals surface area contributed by atoms with Crippen LogP contribution in [-0.4, -0.2) is 44.5 Å². The quantitative estimate of drug-likeness (QED) is 0.314. The van der Waals surface area contributed by atoms with Gasteiger partial charge in [0.15, 0.2) is 0 Å². The number of benzene rings is 2. The van der Waals surface area contributed by atoms with Gasteiger partial charge in [-0.15, -0.1) is 0 Å². The number of nitrogens with one attached hydrogen (secondary N) is 3. The molecule has 8 N–H and O–H groups in total.